The molecule has 0 aromatic rings. The van der Waals surface area contributed by atoms with Crippen LogP contribution < -0.4 is 10.6 Å². The van der Waals surface area contributed by atoms with Gasteiger partial charge in [-0.25, -0.2) is 4.79 Å². The van der Waals surface area contributed by atoms with Crippen molar-refractivity contribution in [3.05, 3.63) is 0 Å². The molecule has 124 valence electrons. The first-order valence-corrected chi connectivity index (χ1v) is 7.71. The van der Waals surface area contributed by atoms with Crippen LogP contribution in [0.15, 0.2) is 0 Å². The van der Waals surface area contributed by atoms with Gasteiger partial charge in [-0.05, 0) is 12.8 Å². The van der Waals surface area contributed by atoms with E-state index in [0.29, 0.717) is 32.5 Å². The maximum Gasteiger partial charge on any atom is 0.314 e. The van der Waals surface area contributed by atoms with E-state index in [-0.39, 0.29) is 37.1 Å². The highest BCUT2D eigenvalue weighted by atomic mass is 16.5. The molecule has 0 bridgehead atoms. The smallest absolute Gasteiger partial charge is 0.314 e. The van der Waals surface area contributed by atoms with Gasteiger partial charge in [0.05, 0.1) is 25.9 Å². The molecule has 0 radical (unpaired) electrons. The van der Waals surface area contributed by atoms with Crippen molar-refractivity contribution in [1.29, 1.82) is 0 Å². The highest BCUT2D eigenvalue weighted by Crippen LogP contribution is 2.11. The molecule has 2 rings (SSSR count). The molecule has 8 nitrogen and oxygen atoms in total. The first kappa shape index (κ1) is 16.7. The van der Waals surface area contributed by atoms with E-state index >= 15 is 0 Å². The molecule has 2 saturated heterocycles. The first-order valence-electron chi connectivity index (χ1n) is 7.71. The highest BCUT2D eigenvalue weighted by Gasteiger charge is 2.28. The third-order valence-corrected chi connectivity index (χ3v) is 3.66. The number of likely N-dealkylation sites (tertiary alicyclic amines) is 1. The van der Waals surface area contributed by atoms with Gasteiger partial charge in [0.2, 0.25) is 11.8 Å². The molecular formula is C14H23N3O5. The van der Waals surface area contributed by atoms with Crippen LogP contribution in [0.4, 0.5) is 4.79 Å². The van der Waals surface area contributed by atoms with Gasteiger partial charge in [0.1, 0.15) is 0 Å². The second kappa shape index (κ2) is 8.70. The van der Waals surface area contributed by atoms with E-state index in [9.17, 15) is 14.4 Å². The summed E-state index contributed by atoms with van der Waals surface area (Å²) in [5.74, 6) is -0.277. The van der Waals surface area contributed by atoms with Gasteiger partial charge in [-0.2, -0.15) is 0 Å². The molecule has 0 aliphatic carbocycles. The summed E-state index contributed by atoms with van der Waals surface area (Å²) in [6.45, 7) is 2.57. The van der Waals surface area contributed by atoms with Gasteiger partial charge < -0.3 is 20.1 Å². The number of nitrogens with one attached hydrogen (secondary N) is 2. The zero-order valence-electron chi connectivity index (χ0n) is 12.6. The highest BCUT2D eigenvalue weighted by molar-refractivity contribution is 6.01. The van der Waals surface area contributed by atoms with Crippen LogP contribution in [0.5, 0.6) is 0 Å². The molecule has 2 heterocycles. The van der Waals surface area contributed by atoms with Crippen molar-refractivity contribution in [3.8, 4) is 0 Å². The Morgan fingerprint density at radius 1 is 1.23 bits per heavy atom. The molecule has 0 saturated carbocycles. The van der Waals surface area contributed by atoms with Crippen molar-refractivity contribution < 1.29 is 23.9 Å². The monoisotopic (exact) mass is 313 g/mol. The summed E-state index contributed by atoms with van der Waals surface area (Å²) in [5, 5.41) is 5.42. The molecule has 22 heavy (non-hydrogen) atoms. The molecule has 1 atom stereocenters. The van der Waals surface area contributed by atoms with Gasteiger partial charge in [0.15, 0.2) is 0 Å². The van der Waals surface area contributed by atoms with Crippen LogP contribution in [0, 0.1) is 0 Å². The van der Waals surface area contributed by atoms with Crippen LogP contribution >= 0.6 is 0 Å². The van der Waals surface area contributed by atoms with E-state index in [2.05, 4.69) is 10.6 Å². The molecule has 0 spiro atoms. The number of hydrogen-bond donors (Lipinski definition) is 2. The van der Waals surface area contributed by atoms with Gasteiger partial charge in [-0.3, -0.25) is 14.5 Å². The van der Waals surface area contributed by atoms with Gasteiger partial charge in [-0.15, -0.1) is 0 Å². The molecule has 2 aliphatic heterocycles. The molecule has 4 amide bonds. The first-order chi connectivity index (χ1) is 10.7. The number of hydrogen-bond acceptors (Lipinski definition) is 5. The van der Waals surface area contributed by atoms with Crippen LogP contribution in [-0.2, 0) is 19.1 Å². The number of imide groups is 1. The van der Waals surface area contributed by atoms with Gasteiger partial charge >= 0.3 is 6.03 Å². The Hall–Kier alpha value is -1.67. The minimum absolute atomic E-state index is 0.123. The Kier molecular flexibility index (Phi) is 6.60. The van der Waals surface area contributed by atoms with Crippen LogP contribution in [0.25, 0.3) is 0 Å². The van der Waals surface area contributed by atoms with E-state index in [1.54, 1.807) is 0 Å². The maximum absolute atomic E-state index is 11.5. The van der Waals surface area contributed by atoms with Crippen molar-refractivity contribution in [1.82, 2.24) is 15.5 Å². The van der Waals surface area contributed by atoms with Crippen LogP contribution in [0.1, 0.15) is 25.7 Å². The minimum Gasteiger partial charge on any atom is -0.378 e. The van der Waals surface area contributed by atoms with Crippen molar-refractivity contribution in [2.24, 2.45) is 0 Å². The summed E-state index contributed by atoms with van der Waals surface area (Å²) in [6, 6.07) is -0.246. The summed E-state index contributed by atoms with van der Waals surface area (Å²) in [7, 11) is 0. The molecular weight excluding hydrogens is 290 g/mol. The Bertz CT molecular complexity index is 393. The topological polar surface area (TPSA) is 97.0 Å². The number of carbonyl (C=O) groups excluding carboxylic acids is 3. The molecule has 0 unspecified atom stereocenters. The predicted octanol–water partition coefficient (Wildman–Crippen LogP) is -0.370. The standard InChI is InChI=1S/C14H23N3O5/c18-12-3-4-13(19)17(12)6-9-21-8-5-15-14(20)16-10-11-2-1-7-22-11/h11H,1-10H2,(H2,15,16,20)/t11-/m1/s1. The van der Waals surface area contributed by atoms with Gasteiger partial charge in [-0.1, -0.05) is 0 Å². The molecule has 2 aliphatic rings. The number of carbonyl (C=O) groups is 3. The molecule has 8 heteroatoms. The average molecular weight is 313 g/mol. The normalized spacial score (nSPS) is 21.5. The molecule has 0 aromatic heterocycles. The number of nitrogens with zero attached hydrogens (tertiary/aromatic N) is 1. The lowest BCUT2D eigenvalue weighted by molar-refractivity contribution is -0.139. The number of ether oxygens (including phenoxy) is 2. The lowest BCUT2D eigenvalue weighted by atomic mass is 10.2. The quantitative estimate of drug-likeness (QED) is 0.471. The van der Waals surface area contributed by atoms with Gasteiger partial charge in [0, 0.05) is 32.5 Å². The molecule has 0 aromatic carbocycles. The van der Waals surface area contributed by atoms with Gasteiger partial charge in [0.25, 0.3) is 0 Å². The summed E-state index contributed by atoms with van der Waals surface area (Å²) in [5.41, 5.74) is 0. The summed E-state index contributed by atoms with van der Waals surface area (Å²) in [4.78, 5) is 35.4. The maximum atomic E-state index is 11.5. The fourth-order valence-corrected chi connectivity index (χ4v) is 2.44. The third kappa shape index (κ3) is 5.27. The number of rotatable bonds is 8. The minimum atomic E-state index is -0.246. The second-order valence-corrected chi connectivity index (χ2v) is 5.32. The lowest BCUT2D eigenvalue weighted by Crippen LogP contribution is -2.41. The third-order valence-electron chi connectivity index (χ3n) is 3.66. The van der Waals surface area contributed by atoms with Crippen molar-refractivity contribution in [3.63, 3.8) is 0 Å². The SMILES string of the molecule is O=C(NCCOCCN1C(=O)CCC1=O)NC[C@H]1CCCO1. The van der Waals surface area contributed by atoms with E-state index in [1.807, 2.05) is 0 Å². The van der Waals surface area contributed by atoms with Crippen molar-refractivity contribution in [2.75, 3.05) is 39.5 Å². The number of urea groups is 1. The Morgan fingerprint density at radius 3 is 2.68 bits per heavy atom. The van der Waals surface area contributed by atoms with Crippen LogP contribution in [0.2, 0.25) is 0 Å². The Balaban J connectivity index is 1.44. The largest absolute Gasteiger partial charge is 0.378 e. The summed E-state index contributed by atoms with van der Waals surface area (Å²) >= 11 is 0. The van der Waals surface area contributed by atoms with Crippen LogP contribution in [-0.4, -0.2) is 68.3 Å². The molecule has 2 N–H and O–H groups in total. The zero-order valence-corrected chi connectivity index (χ0v) is 12.6. The fourth-order valence-electron chi connectivity index (χ4n) is 2.44. The predicted molar refractivity (Wildman–Crippen MR) is 77.1 cm³/mol. The van der Waals surface area contributed by atoms with E-state index in [0.717, 1.165) is 19.4 Å². The zero-order chi connectivity index (χ0) is 15.8. The van der Waals surface area contributed by atoms with Crippen LogP contribution in [0.3, 0.4) is 0 Å². The van der Waals surface area contributed by atoms with Crippen molar-refractivity contribution >= 4 is 17.8 Å². The van der Waals surface area contributed by atoms with E-state index in [1.165, 1.54) is 4.90 Å². The summed E-state index contributed by atoms with van der Waals surface area (Å²) < 4.78 is 10.7. The molecule has 2 fully saturated rings. The fraction of sp³-hybridized carbons (Fsp3) is 0.786. The van der Waals surface area contributed by atoms with E-state index < -0.39 is 0 Å². The lowest BCUT2D eigenvalue weighted by Gasteiger charge is -2.14. The van der Waals surface area contributed by atoms with Crippen molar-refractivity contribution in [2.45, 2.75) is 31.8 Å². The Morgan fingerprint density at radius 2 is 2.00 bits per heavy atom. The van der Waals surface area contributed by atoms with E-state index in [4.69, 9.17) is 9.47 Å². The number of amides is 4. The second-order valence-electron chi connectivity index (χ2n) is 5.32. The summed E-state index contributed by atoms with van der Waals surface area (Å²) in [6.07, 6.45) is 2.75. The average Bonchev–Trinajstić information content (AvgIpc) is 3.12. The Labute approximate surface area is 129 Å².